The van der Waals surface area contributed by atoms with Gasteiger partial charge in [-0.3, -0.25) is 9.10 Å². The van der Waals surface area contributed by atoms with E-state index in [2.05, 4.69) is 5.32 Å². The van der Waals surface area contributed by atoms with Crippen LogP contribution in [0.3, 0.4) is 0 Å². The van der Waals surface area contributed by atoms with Crippen LogP contribution in [-0.4, -0.2) is 27.7 Å². The molecule has 7 heteroatoms. The van der Waals surface area contributed by atoms with Gasteiger partial charge in [0.25, 0.3) is 5.91 Å². The van der Waals surface area contributed by atoms with Crippen LogP contribution in [-0.2, 0) is 16.6 Å². The van der Waals surface area contributed by atoms with Gasteiger partial charge in [0.1, 0.15) is 5.75 Å². The third kappa shape index (κ3) is 6.14. The van der Waals surface area contributed by atoms with Crippen LogP contribution in [0.5, 0.6) is 5.75 Å². The highest BCUT2D eigenvalue weighted by molar-refractivity contribution is 7.92. The lowest BCUT2D eigenvalue weighted by Crippen LogP contribution is -2.30. The van der Waals surface area contributed by atoms with Gasteiger partial charge in [-0.1, -0.05) is 36.4 Å². The first-order chi connectivity index (χ1) is 15.6. The number of hydrogen-bond acceptors (Lipinski definition) is 4. The number of amides is 1. The normalized spacial score (nSPS) is 12.2. The van der Waals surface area contributed by atoms with Crippen LogP contribution >= 0.6 is 0 Å². The molecule has 3 aromatic rings. The number of carbonyl (C=O) groups is 1. The molecular formula is C26H30N2O4S. The van der Waals surface area contributed by atoms with E-state index in [0.29, 0.717) is 11.3 Å². The second-order valence-electron chi connectivity index (χ2n) is 8.22. The highest BCUT2D eigenvalue weighted by Crippen LogP contribution is 2.26. The fraction of sp³-hybridized carbons (Fsp3) is 0.269. The molecule has 6 nitrogen and oxygen atoms in total. The summed E-state index contributed by atoms with van der Waals surface area (Å²) in [4.78, 5) is 12.7. The molecule has 0 radical (unpaired) electrons. The van der Waals surface area contributed by atoms with Gasteiger partial charge in [0.05, 0.1) is 31.6 Å². The molecule has 0 bridgehead atoms. The molecule has 0 saturated heterocycles. The summed E-state index contributed by atoms with van der Waals surface area (Å²) in [6.07, 6.45) is 1.21. The molecule has 0 aromatic heterocycles. The summed E-state index contributed by atoms with van der Waals surface area (Å²) in [5.41, 5.74) is 4.81. The Morgan fingerprint density at radius 3 is 2.21 bits per heavy atom. The number of rotatable bonds is 8. The third-order valence-electron chi connectivity index (χ3n) is 5.54. The first kappa shape index (κ1) is 24.3. The molecule has 3 aromatic carbocycles. The molecule has 0 aliphatic rings. The van der Waals surface area contributed by atoms with Gasteiger partial charge in [0.2, 0.25) is 10.0 Å². The van der Waals surface area contributed by atoms with Crippen molar-refractivity contribution in [1.82, 2.24) is 5.32 Å². The van der Waals surface area contributed by atoms with Gasteiger partial charge < -0.3 is 10.1 Å². The Balaban J connectivity index is 1.74. The molecule has 33 heavy (non-hydrogen) atoms. The van der Waals surface area contributed by atoms with Crippen LogP contribution in [0.4, 0.5) is 5.69 Å². The molecule has 0 unspecified atom stereocenters. The standard InChI is InChI=1S/C26H30N2O4S/c1-18-6-7-19(2)25(16-18)28(33(5,30)31)17-21-8-10-23(11-9-21)26(29)27-20(3)22-12-14-24(32-4)15-13-22/h6-16,20H,17H2,1-5H3,(H,27,29)/t20-/m0/s1. The second-order valence-corrected chi connectivity index (χ2v) is 10.1. The average Bonchev–Trinajstić information content (AvgIpc) is 2.79. The topological polar surface area (TPSA) is 75.7 Å². The summed E-state index contributed by atoms with van der Waals surface area (Å²) < 4.78 is 31.6. The zero-order valence-corrected chi connectivity index (χ0v) is 20.4. The van der Waals surface area contributed by atoms with Gasteiger partial charge in [-0.15, -0.1) is 0 Å². The molecule has 1 atom stereocenters. The Hall–Kier alpha value is -3.32. The van der Waals surface area contributed by atoms with Crippen molar-refractivity contribution < 1.29 is 17.9 Å². The smallest absolute Gasteiger partial charge is 0.251 e. The average molecular weight is 467 g/mol. The zero-order valence-electron chi connectivity index (χ0n) is 19.6. The first-order valence-electron chi connectivity index (χ1n) is 10.7. The summed E-state index contributed by atoms with van der Waals surface area (Å²) in [6, 6.07) is 20.1. The van der Waals surface area contributed by atoms with Crippen LogP contribution in [0.2, 0.25) is 0 Å². The summed E-state index contributed by atoms with van der Waals surface area (Å²) >= 11 is 0. The minimum atomic E-state index is -3.49. The van der Waals surface area contributed by atoms with E-state index in [1.165, 1.54) is 10.6 Å². The van der Waals surface area contributed by atoms with Gasteiger partial charge >= 0.3 is 0 Å². The van der Waals surface area contributed by atoms with Crippen molar-refractivity contribution in [3.63, 3.8) is 0 Å². The van der Waals surface area contributed by atoms with E-state index in [-0.39, 0.29) is 18.5 Å². The summed E-state index contributed by atoms with van der Waals surface area (Å²) in [6.45, 7) is 5.93. The van der Waals surface area contributed by atoms with E-state index in [0.717, 1.165) is 28.0 Å². The highest BCUT2D eigenvalue weighted by atomic mass is 32.2. The lowest BCUT2D eigenvalue weighted by atomic mass is 10.1. The van der Waals surface area contributed by atoms with E-state index < -0.39 is 10.0 Å². The van der Waals surface area contributed by atoms with Gasteiger partial charge in [0, 0.05) is 5.56 Å². The third-order valence-corrected chi connectivity index (χ3v) is 6.67. The number of carbonyl (C=O) groups excluding carboxylic acids is 1. The van der Waals surface area contributed by atoms with Crippen LogP contribution in [0, 0.1) is 13.8 Å². The van der Waals surface area contributed by atoms with Gasteiger partial charge in [0.15, 0.2) is 0 Å². The number of aryl methyl sites for hydroxylation is 2. The fourth-order valence-electron chi connectivity index (χ4n) is 3.55. The predicted molar refractivity (Wildman–Crippen MR) is 132 cm³/mol. The summed E-state index contributed by atoms with van der Waals surface area (Å²) in [7, 11) is -1.88. The molecule has 0 aliphatic heterocycles. The Bertz CT molecular complexity index is 1220. The number of benzene rings is 3. The van der Waals surface area contributed by atoms with Crippen molar-refractivity contribution in [2.45, 2.75) is 33.4 Å². The monoisotopic (exact) mass is 466 g/mol. The lowest BCUT2D eigenvalue weighted by Gasteiger charge is -2.25. The molecular weight excluding hydrogens is 436 g/mol. The van der Waals surface area contributed by atoms with Crippen molar-refractivity contribution in [3.8, 4) is 5.75 Å². The van der Waals surface area contributed by atoms with Crippen molar-refractivity contribution in [2.75, 3.05) is 17.7 Å². The zero-order chi connectivity index (χ0) is 24.2. The number of methoxy groups -OCH3 is 1. The Labute approximate surface area is 196 Å². The van der Waals surface area contributed by atoms with Gasteiger partial charge in [-0.2, -0.15) is 0 Å². The second kappa shape index (κ2) is 10.1. The minimum Gasteiger partial charge on any atom is -0.497 e. The van der Waals surface area contributed by atoms with Crippen molar-refractivity contribution in [1.29, 1.82) is 0 Å². The molecule has 1 amide bonds. The molecule has 0 aliphatic carbocycles. The number of nitrogens with one attached hydrogen (secondary N) is 1. The number of ether oxygens (including phenoxy) is 1. The quantitative estimate of drug-likeness (QED) is 0.519. The maximum atomic E-state index is 12.7. The SMILES string of the molecule is COc1ccc([C@H](C)NC(=O)c2ccc(CN(c3cc(C)ccc3C)S(C)(=O)=O)cc2)cc1. The van der Waals surface area contributed by atoms with E-state index in [4.69, 9.17) is 4.74 Å². The number of sulfonamides is 1. The van der Waals surface area contributed by atoms with Crippen LogP contribution < -0.4 is 14.4 Å². The molecule has 0 heterocycles. The van der Waals surface area contributed by atoms with Crippen molar-refractivity contribution in [3.05, 3.63) is 94.5 Å². The van der Waals surface area contributed by atoms with Gasteiger partial charge in [-0.25, -0.2) is 8.42 Å². The molecule has 0 spiro atoms. The number of nitrogens with zero attached hydrogens (tertiary/aromatic N) is 1. The maximum absolute atomic E-state index is 12.7. The molecule has 0 fully saturated rings. The van der Waals surface area contributed by atoms with Crippen LogP contribution in [0.25, 0.3) is 0 Å². The molecule has 174 valence electrons. The Morgan fingerprint density at radius 1 is 1.00 bits per heavy atom. The van der Waals surface area contributed by atoms with Crippen LogP contribution in [0.1, 0.15) is 45.6 Å². The van der Waals surface area contributed by atoms with E-state index in [1.807, 2.05) is 63.2 Å². The molecule has 3 rings (SSSR count). The minimum absolute atomic E-state index is 0.173. The maximum Gasteiger partial charge on any atom is 0.251 e. The van der Waals surface area contributed by atoms with Gasteiger partial charge in [-0.05, 0) is 73.4 Å². The first-order valence-corrected chi connectivity index (χ1v) is 12.5. The van der Waals surface area contributed by atoms with E-state index >= 15 is 0 Å². The molecule has 0 saturated carbocycles. The number of anilines is 1. The lowest BCUT2D eigenvalue weighted by molar-refractivity contribution is 0.0940. The van der Waals surface area contributed by atoms with Crippen molar-refractivity contribution in [2.24, 2.45) is 0 Å². The summed E-state index contributed by atoms with van der Waals surface area (Å²) in [5, 5.41) is 2.99. The highest BCUT2D eigenvalue weighted by Gasteiger charge is 2.20. The van der Waals surface area contributed by atoms with Crippen molar-refractivity contribution >= 4 is 21.6 Å². The number of hydrogen-bond donors (Lipinski definition) is 1. The molecule has 1 N–H and O–H groups in total. The van der Waals surface area contributed by atoms with E-state index in [1.54, 1.807) is 31.4 Å². The van der Waals surface area contributed by atoms with Crippen LogP contribution in [0.15, 0.2) is 66.7 Å². The largest absolute Gasteiger partial charge is 0.497 e. The Kier molecular flexibility index (Phi) is 7.43. The van der Waals surface area contributed by atoms with E-state index in [9.17, 15) is 13.2 Å². The predicted octanol–water partition coefficient (Wildman–Crippen LogP) is 4.77. The Morgan fingerprint density at radius 2 is 1.64 bits per heavy atom. The summed E-state index contributed by atoms with van der Waals surface area (Å²) in [5.74, 6) is 0.566. The fourth-order valence-corrected chi connectivity index (χ4v) is 4.49.